The van der Waals surface area contributed by atoms with Crippen LogP contribution in [0.5, 0.6) is 11.5 Å². The largest absolute Gasteiger partial charge is 0.493 e. The van der Waals surface area contributed by atoms with Crippen molar-refractivity contribution in [2.45, 2.75) is 25.9 Å². The van der Waals surface area contributed by atoms with Crippen molar-refractivity contribution < 1.29 is 19.1 Å². The Kier molecular flexibility index (Phi) is 6.92. The molecule has 0 saturated heterocycles. The lowest BCUT2D eigenvalue weighted by Crippen LogP contribution is -2.24. The van der Waals surface area contributed by atoms with Gasteiger partial charge in [0, 0.05) is 30.2 Å². The molecule has 0 aliphatic carbocycles. The highest BCUT2D eigenvalue weighted by atomic mass is 16.5. The van der Waals surface area contributed by atoms with E-state index in [9.17, 15) is 9.59 Å². The molecule has 1 aliphatic heterocycles. The van der Waals surface area contributed by atoms with Crippen LogP contribution in [0.2, 0.25) is 0 Å². The molecule has 0 saturated carbocycles. The fraction of sp³-hybridized carbons (Fsp3) is 0.222. The van der Waals surface area contributed by atoms with Crippen LogP contribution in [0.25, 0.3) is 0 Å². The number of anilines is 1. The van der Waals surface area contributed by atoms with Crippen molar-refractivity contribution in [1.82, 2.24) is 5.32 Å². The Morgan fingerprint density at radius 3 is 2.38 bits per heavy atom. The summed E-state index contributed by atoms with van der Waals surface area (Å²) in [5.41, 5.74) is 4.42. The van der Waals surface area contributed by atoms with E-state index < -0.39 is 6.04 Å². The summed E-state index contributed by atoms with van der Waals surface area (Å²) < 4.78 is 11.0. The van der Waals surface area contributed by atoms with Crippen LogP contribution in [0.3, 0.4) is 0 Å². The fourth-order valence-corrected chi connectivity index (χ4v) is 3.95. The molecule has 7 nitrogen and oxygen atoms in total. The van der Waals surface area contributed by atoms with Crippen molar-refractivity contribution in [2.24, 2.45) is 4.99 Å². The van der Waals surface area contributed by atoms with E-state index in [-0.39, 0.29) is 11.8 Å². The Bertz CT molecular complexity index is 1240. The lowest BCUT2D eigenvalue weighted by Gasteiger charge is -2.16. The molecule has 3 aromatic rings. The highest BCUT2D eigenvalue weighted by Crippen LogP contribution is 2.38. The smallest absolute Gasteiger partial charge is 0.253 e. The van der Waals surface area contributed by atoms with E-state index in [0.29, 0.717) is 35.9 Å². The van der Waals surface area contributed by atoms with Crippen LogP contribution in [0, 0.1) is 0 Å². The Hall–Kier alpha value is -4.13. The summed E-state index contributed by atoms with van der Waals surface area (Å²) in [4.78, 5) is 30.3. The quantitative estimate of drug-likeness (QED) is 0.555. The monoisotopic (exact) mass is 457 g/mol. The van der Waals surface area contributed by atoms with E-state index in [1.165, 1.54) is 0 Å². The SMILES string of the molecule is CCC(=O)NCc1ccccc1C1N=C(c2ccccc2)c2cc(OC)c(OC)cc2NC1=O. The van der Waals surface area contributed by atoms with Crippen molar-refractivity contribution in [1.29, 1.82) is 0 Å². The third kappa shape index (κ3) is 4.64. The number of benzodiazepines with no additional fused rings is 1. The van der Waals surface area contributed by atoms with Crippen LogP contribution >= 0.6 is 0 Å². The Morgan fingerprint density at radius 2 is 1.68 bits per heavy atom. The molecule has 2 N–H and O–H groups in total. The molecule has 0 radical (unpaired) electrons. The molecule has 7 heteroatoms. The number of carbonyl (C=O) groups excluding carboxylic acids is 2. The number of nitrogens with one attached hydrogen (secondary N) is 2. The highest BCUT2D eigenvalue weighted by molar-refractivity contribution is 6.20. The first-order valence-corrected chi connectivity index (χ1v) is 11.1. The molecular weight excluding hydrogens is 430 g/mol. The van der Waals surface area contributed by atoms with Gasteiger partial charge < -0.3 is 20.1 Å². The molecule has 0 aromatic heterocycles. The van der Waals surface area contributed by atoms with Gasteiger partial charge in [-0.3, -0.25) is 14.6 Å². The molecule has 4 rings (SSSR count). The zero-order valence-electron chi connectivity index (χ0n) is 19.4. The van der Waals surface area contributed by atoms with Crippen molar-refractivity contribution in [3.8, 4) is 11.5 Å². The second-order valence-corrected chi connectivity index (χ2v) is 7.82. The average molecular weight is 458 g/mol. The van der Waals surface area contributed by atoms with Crippen LogP contribution in [-0.2, 0) is 16.1 Å². The first kappa shape index (κ1) is 23.0. The van der Waals surface area contributed by atoms with Gasteiger partial charge in [-0.15, -0.1) is 0 Å². The maximum atomic E-state index is 13.5. The van der Waals surface area contributed by atoms with Crippen LogP contribution in [0.15, 0.2) is 71.7 Å². The van der Waals surface area contributed by atoms with E-state index >= 15 is 0 Å². The summed E-state index contributed by atoms with van der Waals surface area (Å²) in [6.07, 6.45) is 0.390. The Morgan fingerprint density at radius 1 is 1.00 bits per heavy atom. The number of rotatable bonds is 7. The number of hydrogen-bond acceptors (Lipinski definition) is 5. The maximum absolute atomic E-state index is 13.5. The minimum absolute atomic E-state index is 0.0554. The number of aliphatic imine (C=N–C) groups is 1. The number of nitrogens with zero attached hydrogens (tertiary/aromatic N) is 1. The maximum Gasteiger partial charge on any atom is 0.253 e. The van der Waals surface area contributed by atoms with Gasteiger partial charge in [-0.25, -0.2) is 0 Å². The second-order valence-electron chi connectivity index (χ2n) is 7.82. The molecular formula is C27H27N3O4. The van der Waals surface area contributed by atoms with Crippen LogP contribution < -0.4 is 20.1 Å². The number of hydrogen-bond donors (Lipinski definition) is 2. The summed E-state index contributed by atoms with van der Waals surface area (Å²) in [5.74, 6) is 0.726. The standard InChI is InChI=1S/C27H27N3O4/c1-4-24(31)28-16-18-12-8-9-13-19(18)26-27(32)29-21-15-23(34-3)22(33-2)14-20(21)25(30-26)17-10-6-5-7-11-17/h5-15,26H,4,16H2,1-3H3,(H,28,31)(H,29,32). The van der Waals surface area contributed by atoms with Gasteiger partial charge in [0.25, 0.3) is 5.91 Å². The molecule has 1 atom stereocenters. The zero-order chi connectivity index (χ0) is 24.1. The van der Waals surface area contributed by atoms with Gasteiger partial charge in [-0.1, -0.05) is 61.5 Å². The first-order chi connectivity index (χ1) is 16.5. The third-order valence-electron chi connectivity index (χ3n) is 5.74. The second kappa shape index (κ2) is 10.2. The van der Waals surface area contributed by atoms with Crippen molar-refractivity contribution >= 4 is 23.2 Å². The molecule has 0 bridgehead atoms. The summed E-state index contributed by atoms with van der Waals surface area (Å²) in [5, 5.41) is 5.92. The van der Waals surface area contributed by atoms with Gasteiger partial charge in [-0.05, 0) is 17.2 Å². The molecule has 34 heavy (non-hydrogen) atoms. The number of ether oxygens (including phenoxy) is 2. The number of amides is 2. The van der Waals surface area contributed by atoms with Gasteiger partial charge in [0.05, 0.1) is 25.6 Å². The molecule has 0 spiro atoms. The summed E-state index contributed by atoms with van der Waals surface area (Å²) >= 11 is 0. The van der Waals surface area contributed by atoms with E-state index in [1.807, 2.05) is 60.7 Å². The number of fused-ring (bicyclic) bond motifs is 1. The average Bonchev–Trinajstić information content (AvgIpc) is 3.02. The number of benzene rings is 3. The van der Waals surface area contributed by atoms with Crippen LogP contribution in [0.4, 0.5) is 5.69 Å². The van der Waals surface area contributed by atoms with E-state index in [0.717, 1.165) is 22.3 Å². The predicted octanol–water partition coefficient (Wildman–Crippen LogP) is 4.26. The molecule has 0 fully saturated rings. The molecule has 1 unspecified atom stereocenters. The molecule has 174 valence electrons. The van der Waals surface area contributed by atoms with Crippen molar-refractivity contribution in [2.75, 3.05) is 19.5 Å². The normalized spacial score (nSPS) is 14.9. The number of carbonyl (C=O) groups is 2. The minimum Gasteiger partial charge on any atom is -0.493 e. The Balaban J connectivity index is 1.87. The van der Waals surface area contributed by atoms with Crippen LogP contribution in [-0.4, -0.2) is 31.7 Å². The van der Waals surface area contributed by atoms with Gasteiger partial charge in [-0.2, -0.15) is 0 Å². The topological polar surface area (TPSA) is 89.0 Å². The molecule has 1 aliphatic rings. The Labute approximate surface area is 198 Å². The molecule has 1 heterocycles. The minimum atomic E-state index is -0.811. The van der Waals surface area contributed by atoms with Gasteiger partial charge in [0.15, 0.2) is 17.5 Å². The van der Waals surface area contributed by atoms with E-state index in [1.54, 1.807) is 27.2 Å². The van der Waals surface area contributed by atoms with Crippen molar-refractivity contribution in [3.05, 3.63) is 89.0 Å². The van der Waals surface area contributed by atoms with E-state index in [2.05, 4.69) is 10.6 Å². The fourth-order valence-electron chi connectivity index (χ4n) is 3.95. The summed E-state index contributed by atoms with van der Waals surface area (Å²) in [6, 6.07) is 20.0. The predicted molar refractivity (Wildman–Crippen MR) is 132 cm³/mol. The van der Waals surface area contributed by atoms with Gasteiger partial charge >= 0.3 is 0 Å². The zero-order valence-corrected chi connectivity index (χ0v) is 19.4. The lowest BCUT2D eigenvalue weighted by atomic mass is 9.98. The van der Waals surface area contributed by atoms with E-state index in [4.69, 9.17) is 14.5 Å². The lowest BCUT2D eigenvalue weighted by molar-refractivity contribution is -0.121. The summed E-state index contributed by atoms with van der Waals surface area (Å²) in [6.45, 7) is 2.12. The van der Waals surface area contributed by atoms with Gasteiger partial charge in [0.2, 0.25) is 5.91 Å². The molecule has 3 aromatic carbocycles. The molecule has 2 amide bonds. The first-order valence-electron chi connectivity index (χ1n) is 11.1. The number of methoxy groups -OCH3 is 2. The van der Waals surface area contributed by atoms with Crippen molar-refractivity contribution in [3.63, 3.8) is 0 Å². The summed E-state index contributed by atoms with van der Waals surface area (Å²) in [7, 11) is 3.13. The van der Waals surface area contributed by atoms with Gasteiger partial charge in [0.1, 0.15) is 0 Å². The highest BCUT2D eigenvalue weighted by Gasteiger charge is 2.30. The van der Waals surface area contributed by atoms with Crippen LogP contribution in [0.1, 0.15) is 41.6 Å². The third-order valence-corrected chi connectivity index (χ3v) is 5.74.